The van der Waals surface area contributed by atoms with Gasteiger partial charge in [-0.15, -0.1) is 0 Å². The molecule has 0 aliphatic heterocycles. The van der Waals surface area contributed by atoms with Crippen LogP contribution in [0.4, 0.5) is 13.2 Å². The third-order valence-electron chi connectivity index (χ3n) is 0.339. The maximum Gasteiger partial charge on any atom is 0.490 e. The summed E-state index contributed by atoms with van der Waals surface area (Å²) in [5, 5.41) is 7.12. The molecule has 0 aromatic heterocycles. The highest BCUT2D eigenvalue weighted by molar-refractivity contribution is 5.73. The number of carboxylic acid groups (broad SMARTS) is 1. The largest absolute Gasteiger partial charge is 0.490 e. The Morgan fingerprint density at radius 2 is 1.73 bits per heavy atom. The van der Waals surface area contributed by atoms with Gasteiger partial charge in [-0.3, -0.25) is 4.79 Å². The highest BCUT2D eigenvalue weighted by Crippen LogP contribution is 2.13. The molecule has 0 saturated carbocycles. The number of hydrogen-bond donors (Lipinski definition) is 1. The van der Waals surface area contributed by atoms with Crippen molar-refractivity contribution in [1.29, 1.82) is 0 Å². The van der Waals surface area contributed by atoms with E-state index in [-0.39, 0.29) is 0 Å². The molecule has 0 heterocycles. The Morgan fingerprint density at radius 3 is 1.73 bits per heavy atom. The Bertz CT molecular complexity index is 130. The molecular weight excluding hydrogens is 169 g/mol. The predicted octanol–water partition coefficient (Wildman–Crippen LogP) is 0.423. The number of carboxylic acids is 1. The molecule has 0 atom stereocenters. The normalized spacial score (nSPS) is 9.09. The van der Waals surface area contributed by atoms with Crippen molar-refractivity contribution in [3.05, 3.63) is 0 Å². The summed E-state index contributed by atoms with van der Waals surface area (Å²) in [4.78, 5) is 17.8. The minimum Gasteiger partial charge on any atom is -0.475 e. The average Bonchev–Trinajstić information content (AvgIpc) is 1.87. The van der Waals surface area contributed by atoms with Crippen LogP contribution in [-0.2, 0) is 14.3 Å². The fourth-order valence-electron chi connectivity index (χ4n) is 0. The third kappa shape index (κ3) is 12.0. The molecule has 0 rings (SSSR count). The number of aliphatic carboxylic acids is 1. The predicted molar refractivity (Wildman–Crippen MR) is 26.8 cm³/mol. The van der Waals surface area contributed by atoms with Crippen LogP contribution in [0.3, 0.4) is 0 Å². The van der Waals surface area contributed by atoms with Crippen LogP contribution in [0.2, 0.25) is 0 Å². The van der Waals surface area contributed by atoms with Gasteiger partial charge in [0, 0.05) is 0 Å². The Morgan fingerprint density at radius 1 is 1.55 bits per heavy atom. The van der Waals surface area contributed by atoms with Crippen molar-refractivity contribution in [2.45, 2.75) is 6.18 Å². The highest BCUT2D eigenvalue weighted by Gasteiger charge is 2.38. The topological polar surface area (TPSA) is 63.6 Å². The zero-order chi connectivity index (χ0) is 9.49. The molecule has 0 aromatic rings. The van der Waals surface area contributed by atoms with E-state index < -0.39 is 12.1 Å². The van der Waals surface area contributed by atoms with Crippen molar-refractivity contribution < 1.29 is 32.6 Å². The van der Waals surface area contributed by atoms with Crippen molar-refractivity contribution in [1.82, 2.24) is 0 Å². The number of ether oxygens (including phenoxy) is 1. The quantitative estimate of drug-likeness (QED) is 0.585. The number of methoxy groups -OCH3 is 1. The number of rotatable bonds is 1. The first-order valence-electron chi connectivity index (χ1n) is 2.12. The second-order valence-corrected chi connectivity index (χ2v) is 1.13. The standard InChI is InChI=1S/C2HF3O2.C2H4O2/c3-2(4,5)1(6)7;1-4-2-3/h(H,6,7);2H,1H3. The average molecular weight is 174 g/mol. The lowest BCUT2D eigenvalue weighted by atomic mass is 10.7. The molecule has 0 saturated heterocycles. The Kier molecular flexibility index (Phi) is 6.22. The van der Waals surface area contributed by atoms with Crippen LogP contribution < -0.4 is 0 Å². The second-order valence-electron chi connectivity index (χ2n) is 1.13. The fourth-order valence-corrected chi connectivity index (χ4v) is 0. The summed E-state index contributed by atoms with van der Waals surface area (Å²) in [6.45, 7) is 0.375. The summed E-state index contributed by atoms with van der Waals surface area (Å²) in [6.07, 6.45) is -5.08. The monoisotopic (exact) mass is 174 g/mol. The molecule has 11 heavy (non-hydrogen) atoms. The van der Waals surface area contributed by atoms with E-state index in [2.05, 4.69) is 4.74 Å². The van der Waals surface area contributed by atoms with E-state index in [1.54, 1.807) is 0 Å². The van der Waals surface area contributed by atoms with Gasteiger partial charge in [0.1, 0.15) is 0 Å². The maximum absolute atomic E-state index is 10.6. The van der Waals surface area contributed by atoms with Crippen LogP contribution in [0.1, 0.15) is 0 Å². The zero-order valence-corrected chi connectivity index (χ0v) is 5.38. The third-order valence-corrected chi connectivity index (χ3v) is 0.339. The van der Waals surface area contributed by atoms with Crippen molar-refractivity contribution in [3.63, 3.8) is 0 Å². The van der Waals surface area contributed by atoms with E-state index in [9.17, 15) is 13.2 Å². The van der Waals surface area contributed by atoms with E-state index in [0.717, 1.165) is 0 Å². The van der Waals surface area contributed by atoms with Gasteiger partial charge >= 0.3 is 12.1 Å². The van der Waals surface area contributed by atoms with Gasteiger partial charge in [0.25, 0.3) is 6.47 Å². The van der Waals surface area contributed by atoms with E-state index in [4.69, 9.17) is 14.7 Å². The van der Waals surface area contributed by atoms with Crippen molar-refractivity contribution in [2.75, 3.05) is 7.11 Å². The molecule has 0 radical (unpaired) electrons. The van der Waals surface area contributed by atoms with Gasteiger partial charge in [0.15, 0.2) is 0 Å². The van der Waals surface area contributed by atoms with Crippen LogP contribution in [-0.4, -0.2) is 30.8 Å². The summed E-state index contributed by atoms with van der Waals surface area (Å²) < 4.78 is 35.6. The number of halogens is 3. The van der Waals surface area contributed by atoms with Gasteiger partial charge in [0.05, 0.1) is 7.11 Å². The van der Waals surface area contributed by atoms with Crippen molar-refractivity contribution in [3.8, 4) is 0 Å². The van der Waals surface area contributed by atoms with Gasteiger partial charge in [-0.1, -0.05) is 0 Å². The van der Waals surface area contributed by atoms with Crippen LogP contribution >= 0.6 is 0 Å². The molecule has 1 N–H and O–H groups in total. The van der Waals surface area contributed by atoms with E-state index in [0.29, 0.717) is 6.47 Å². The van der Waals surface area contributed by atoms with Crippen molar-refractivity contribution in [2.24, 2.45) is 0 Å². The first-order valence-corrected chi connectivity index (χ1v) is 2.12. The van der Waals surface area contributed by atoms with Crippen LogP contribution in [0, 0.1) is 0 Å². The Balaban J connectivity index is 0. The lowest BCUT2D eigenvalue weighted by Gasteiger charge is -1.93. The van der Waals surface area contributed by atoms with E-state index in [1.165, 1.54) is 7.11 Å². The van der Waals surface area contributed by atoms with Gasteiger partial charge in [-0.05, 0) is 0 Å². The summed E-state index contributed by atoms with van der Waals surface area (Å²) in [5.41, 5.74) is 0. The van der Waals surface area contributed by atoms with Crippen molar-refractivity contribution >= 4 is 12.4 Å². The number of hydrogen-bond acceptors (Lipinski definition) is 3. The minimum absolute atomic E-state index is 0.375. The summed E-state index contributed by atoms with van der Waals surface area (Å²) in [7, 11) is 1.31. The Hall–Kier alpha value is -1.27. The lowest BCUT2D eigenvalue weighted by molar-refractivity contribution is -0.192. The summed E-state index contributed by atoms with van der Waals surface area (Å²) >= 11 is 0. The van der Waals surface area contributed by atoms with Gasteiger partial charge in [-0.2, -0.15) is 13.2 Å². The summed E-state index contributed by atoms with van der Waals surface area (Å²) in [5.74, 6) is -2.76. The number of carbonyl (C=O) groups is 2. The van der Waals surface area contributed by atoms with Crippen LogP contribution in [0.5, 0.6) is 0 Å². The first kappa shape index (κ1) is 12.4. The molecule has 7 heteroatoms. The van der Waals surface area contributed by atoms with Gasteiger partial charge in [0.2, 0.25) is 0 Å². The highest BCUT2D eigenvalue weighted by atomic mass is 19.4. The molecule has 0 spiro atoms. The molecule has 0 aliphatic rings. The SMILES string of the molecule is COC=O.O=C(O)C(F)(F)F. The molecule has 0 unspecified atom stereocenters. The smallest absolute Gasteiger partial charge is 0.475 e. The minimum atomic E-state index is -5.08. The molecule has 0 bridgehead atoms. The molecule has 0 aliphatic carbocycles. The van der Waals surface area contributed by atoms with E-state index in [1.807, 2.05) is 0 Å². The molecule has 4 nitrogen and oxygen atoms in total. The fraction of sp³-hybridized carbons (Fsp3) is 0.500. The first-order chi connectivity index (χ1) is 4.86. The molecule has 0 aromatic carbocycles. The second kappa shape index (κ2) is 5.51. The van der Waals surface area contributed by atoms with Crippen LogP contribution in [0.25, 0.3) is 0 Å². The van der Waals surface area contributed by atoms with Gasteiger partial charge < -0.3 is 9.84 Å². The Labute approximate surface area is 59.6 Å². The number of carbonyl (C=O) groups excluding carboxylic acids is 1. The summed E-state index contributed by atoms with van der Waals surface area (Å²) in [6, 6.07) is 0. The van der Waals surface area contributed by atoms with Crippen LogP contribution in [0.15, 0.2) is 0 Å². The van der Waals surface area contributed by atoms with Gasteiger partial charge in [-0.25, -0.2) is 4.79 Å². The molecule has 66 valence electrons. The number of alkyl halides is 3. The molecular formula is C4H5F3O4. The zero-order valence-electron chi connectivity index (χ0n) is 5.38. The maximum atomic E-state index is 10.6. The molecule has 0 amide bonds. The van der Waals surface area contributed by atoms with E-state index >= 15 is 0 Å². The molecule has 0 fully saturated rings. The lowest BCUT2D eigenvalue weighted by Crippen LogP contribution is -2.21.